The molecule has 23 heavy (non-hydrogen) atoms. The first-order chi connectivity index (χ1) is 11.1. The second-order valence-corrected chi connectivity index (χ2v) is 7.05. The lowest BCUT2D eigenvalue weighted by Crippen LogP contribution is -2.47. The molecule has 0 amide bonds. The Balaban J connectivity index is 1.82. The largest absolute Gasteiger partial charge is 0.486 e. The zero-order valence-electron chi connectivity index (χ0n) is 13.5. The van der Waals surface area contributed by atoms with Crippen LogP contribution in [0.3, 0.4) is 0 Å². The van der Waals surface area contributed by atoms with Gasteiger partial charge in [0.15, 0.2) is 11.5 Å². The predicted molar refractivity (Wildman–Crippen MR) is 85.2 cm³/mol. The van der Waals surface area contributed by atoms with Crippen LogP contribution in [0.5, 0.6) is 11.5 Å². The fourth-order valence-electron chi connectivity index (χ4n) is 4.56. The molecule has 1 aromatic rings. The van der Waals surface area contributed by atoms with Crippen molar-refractivity contribution in [3.63, 3.8) is 0 Å². The number of hydrogen-bond acceptors (Lipinski definition) is 4. The zero-order chi connectivity index (χ0) is 16.0. The average Bonchev–Trinajstić information content (AvgIpc) is 3.00. The third-order valence-electron chi connectivity index (χ3n) is 5.69. The lowest BCUT2D eigenvalue weighted by molar-refractivity contribution is -0.139. The third-order valence-corrected chi connectivity index (χ3v) is 5.69. The van der Waals surface area contributed by atoms with E-state index in [0.29, 0.717) is 13.2 Å². The van der Waals surface area contributed by atoms with Crippen LogP contribution in [0.4, 0.5) is 0 Å². The second kappa shape index (κ2) is 5.41. The van der Waals surface area contributed by atoms with Gasteiger partial charge in [0.1, 0.15) is 13.2 Å². The minimum atomic E-state index is -0.758. The Labute approximate surface area is 136 Å². The maximum atomic E-state index is 11.3. The summed E-state index contributed by atoms with van der Waals surface area (Å²) in [5.74, 6) is 0.887. The van der Waals surface area contributed by atoms with Crippen LogP contribution in [-0.4, -0.2) is 42.3 Å². The molecule has 0 radical (unpaired) electrons. The lowest BCUT2D eigenvalue weighted by atomic mass is 9.71. The van der Waals surface area contributed by atoms with Gasteiger partial charge in [-0.15, -0.1) is 0 Å². The lowest BCUT2D eigenvalue weighted by Gasteiger charge is -2.46. The van der Waals surface area contributed by atoms with Crippen LogP contribution in [0, 0.1) is 0 Å². The Hall–Kier alpha value is -1.75. The second-order valence-electron chi connectivity index (χ2n) is 7.05. The van der Waals surface area contributed by atoms with Crippen LogP contribution >= 0.6 is 0 Å². The van der Waals surface area contributed by atoms with Crippen LogP contribution in [-0.2, 0) is 10.2 Å². The molecule has 1 spiro atoms. The molecule has 1 aromatic carbocycles. The molecule has 1 fully saturated rings. The van der Waals surface area contributed by atoms with E-state index in [4.69, 9.17) is 9.47 Å². The number of carboxylic acids is 1. The first kappa shape index (κ1) is 14.8. The summed E-state index contributed by atoms with van der Waals surface area (Å²) >= 11 is 0. The zero-order valence-corrected chi connectivity index (χ0v) is 13.5. The maximum Gasteiger partial charge on any atom is 0.317 e. The van der Waals surface area contributed by atoms with Crippen molar-refractivity contribution in [3.05, 3.63) is 23.3 Å². The van der Waals surface area contributed by atoms with E-state index in [0.717, 1.165) is 30.9 Å². The van der Waals surface area contributed by atoms with E-state index in [-0.39, 0.29) is 18.0 Å². The normalized spacial score (nSPS) is 25.3. The summed E-state index contributed by atoms with van der Waals surface area (Å²) in [7, 11) is 0. The molecule has 5 heteroatoms. The Kier molecular flexibility index (Phi) is 3.48. The van der Waals surface area contributed by atoms with Gasteiger partial charge in [0, 0.05) is 18.0 Å². The SMILES string of the molecule is C[C@H]1c2cc3c(cc2C2(CCCC2)CN1CC(=O)O)OCCO3. The molecule has 1 N–H and O–H groups in total. The Bertz CT molecular complexity index is 636. The van der Waals surface area contributed by atoms with E-state index in [9.17, 15) is 9.90 Å². The number of fused-ring (bicyclic) bond motifs is 3. The van der Waals surface area contributed by atoms with E-state index < -0.39 is 5.97 Å². The fourth-order valence-corrected chi connectivity index (χ4v) is 4.56. The monoisotopic (exact) mass is 317 g/mol. The fraction of sp³-hybridized carbons (Fsp3) is 0.611. The van der Waals surface area contributed by atoms with Gasteiger partial charge in [-0.05, 0) is 43.0 Å². The van der Waals surface area contributed by atoms with E-state index >= 15 is 0 Å². The number of rotatable bonds is 2. The Morgan fingerprint density at radius 1 is 1.26 bits per heavy atom. The van der Waals surface area contributed by atoms with Crippen molar-refractivity contribution in [1.29, 1.82) is 0 Å². The smallest absolute Gasteiger partial charge is 0.317 e. The molecular weight excluding hydrogens is 294 g/mol. The molecule has 1 aliphatic carbocycles. The molecule has 2 aliphatic heterocycles. The van der Waals surface area contributed by atoms with Crippen LogP contribution in [0.2, 0.25) is 0 Å². The van der Waals surface area contributed by atoms with Gasteiger partial charge in [0.05, 0.1) is 6.54 Å². The molecule has 0 aromatic heterocycles. The number of benzene rings is 1. The van der Waals surface area contributed by atoms with Crippen molar-refractivity contribution >= 4 is 5.97 Å². The van der Waals surface area contributed by atoms with E-state index in [1.54, 1.807) is 0 Å². The van der Waals surface area contributed by atoms with Crippen LogP contribution in [0.25, 0.3) is 0 Å². The van der Waals surface area contributed by atoms with Gasteiger partial charge in [0.25, 0.3) is 0 Å². The highest BCUT2D eigenvalue weighted by Crippen LogP contribution is 2.51. The molecule has 0 bridgehead atoms. The van der Waals surface area contributed by atoms with Gasteiger partial charge in [-0.1, -0.05) is 12.8 Å². The van der Waals surface area contributed by atoms with Gasteiger partial charge in [-0.3, -0.25) is 9.69 Å². The minimum absolute atomic E-state index is 0.0765. The summed E-state index contributed by atoms with van der Waals surface area (Å²) in [6, 6.07) is 4.34. The number of nitrogens with zero attached hydrogens (tertiary/aromatic N) is 1. The topological polar surface area (TPSA) is 59.0 Å². The summed E-state index contributed by atoms with van der Waals surface area (Å²) in [6.45, 7) is 4.19. The minimum Gasteiger partial charge on any atom is -0.486 e. The quantitative estimate of drug-likeness (QED) is 0.909. The third kappa shape index (κ3) is 2.38. The van der Waals surface area contributed by atoms with Crippen molar-refractivity contribution < 1.29 is 19.4 Å². The molecule has 1 saturated carbocycles. The van der Waals surface area contributed by atoms with Crippen LogP contribution in [0.1, 0.15) is 49.8 Å². The van der Waals surface area contributed by atoms with E-state index in [1.165, 1.54) is 24.0 Å². The molecule has 0 unspecified atom stereocenters. The molecule has 124 valence electrons. The number of hydrogen-bond donors (Lipinski definition) is 1. The summed E-state index contributed by atoms with van der Waals surface area (Å²) in [4.78, 5) is 13.4. The highest BCUT2D eigenvalue weighted by Gasteiger charge is 2.45. The summed E-state index contributed by atoms with van der Waals surface area (Å²) in [6.07, 6.45) is 4.68. The molecule has 1 atom stereocenters. The van der Waals surface area contributed by atoms with Gasteiger partial charge in [0.2, 0.25) is 0 Å². The van der Waals surface area contributed by atoms with Crippen molar-refractivity contribution in [2.75, 3.05) is 26.3 Å². The summed E-state index contributed by atoms with van der Waals surface area (Å²) in [5, 5.41) is 9.27. The molecule has 2 heterocycles. The molecule has 4 rings (SSSR count). The van der Waals surface area contributed by atoms with Crippen LogP contribution in [0.15, 0.2) is 12.1 Å². The van der Waals surface area contributed by atoms with Gasteiger partial charge < -0.3 is 14.6 Å². The Morgan fingerprint density at radius 2 is 1.91 bits per heavy atom. The van der Waals surface area contributed by atoms with Crippen molar-refractivity contribution in [2.24, 2.45) is 0 Å². The number of carbonyl (C=O) groups is 1. The van der Waals surface area contributed by atoms with Crippen molar-refractivity contribution in [1.82, 2.24) is 4.90 Å². The first-order valence-electron chi connectivity index (χ1n) is 8.49. The first-order valence-corrected chi connectivity index (χ1v) is 8.49. The standard InChI is InChI=1S/C18H23NO4/c1-12-13-8-15-16(23-7-6-22-15)9-14(13)18(4-2-3-5-18)11-19(12)10-17(20)21/h8-9,12H,2-7,10-11H2,1H3,(H,20,21)/t12-/m0/s1. The van der Waals surface area contributed by atoms with Gasteiger partial charge >= 0.3 is 5.97 Å². The summed E-state index contributed by atoms with van der Waals surface area (Å²) in [5.41, 5.74) is 2.64. The van der Waals surface area contributed by atoms with Gasteiger partial charge in [-0.2, -0.15) is 0 Å². The highest BCUT2D eigenvalue weighted by atomic mass is 16.6. The average molecular weight is 317 g/mol. The molecule has 5 nitrogen and oxygen atoms in total. The van der Waals surface area contributed by atoms with Crippen molar-refractivity contribution in [3.8, 4) is 11.5 Å². The van der Waals surface area contributed by atoms with Crippen molar-refractivity contribution in [2.45, 2.75) is 44.1 Å². The Morgan fingerprint density at radius 3 is 2.57 bits per heavy atom. The number of aliphatic carboxylic acids is 1. The van der Waals surface area contributed by atoms with E-state index in [1.807, 2.05) is 0 Å². The molecule has 0 saturated heterocycles. The molecule has 3 aliphatic rings. The maximum absolute atomic E-state index is 11.3. The summed E-state index contributed by atoms with van der Waals surface area (Å²) < 4.78 is 11.5. The van der Waals surface area contributed by atoms with Crippen LogP contribution < -0.4 is 9.47 Å². The highest BCUT2D eigenvalue weighted by molar-refractivity contribution is 5.69. The van der Waals surface area contributed by atoms with Gasteiger partial charge in [-0.25, -0.2) is 0 Å². The van der Waals surface area contributed by atoms with E-state index in [2.05, 4.69) is 24.0 Å². The number of carboxylic acid groups (broad SMARTS) is 1. The predicted octanol–water partition coefficient (Wildman–Crippen LogP) is 2.73. The molecular formula is C18H23NO4. The number of ether oxygens (including phenoxy) is 2.